The van der Waals surface area contributed by atoms with E-state index in [-0.39, 0.29) is 30.6 Å². The van der Waals surface area contributed by atoms with E-state index in [2.05, 4.69) is 15.6 Å². The Kier molecular flexibility index (Phi) is 8.46. The topological polar surface area (TPSA) is 121 Å². The van der Waals surface area contributed by atoms with Gasteiger partial charge in [-0.05, 0) is 55.3 Å². The van der Waals surface area contributed by atoms with Crippen LogP contribution >= 0.6 is 11.6 Å². The van der Waals surface area contributed by atoms with E-state index in [9.17, 15) is 14.3 Å². The minimum absolute atomic E-state index is 0.0132. The number of nitrogens with one attached hydrogen (secondary N) is 2. The van der Waals surface area contributed by atoms with Crippen molar-refractivity contribution in [2.75, 3.05) is 17.7 Å². The van der Waals surface area contributed by atoms with E-state index in [0.717, 1.165) is 0 Å². The van der Waals surface area contributed by atoms with Gasteiger partial charge in [-0.2, -0.15) is 0 Å². The van der Waals surface area contributed by atoms with Crippen LogP contribution in [0.15, 0.2) is 48.5 Å². The van der Waals surface area contributed by atoms with E-state index in [1.165, 1.54) is 6.07 Å². The minimum Gasteiger partial charge on any atom is -0.507 e. The van der Waals surface area contributed by atoms with Gasteiger partial charge in [0.2, 0.25) is 5.91 Å². The van der Waals surface area contributed by atoms with Crippen LogP contribution in [0.5, 0.6) is 5.75 Å². The molecule has 7 nitrogen and oxygen atoms in total. The van der Waals surface area contributed by atoms with Gasteiger partial charge >= 0.3 is 0 Å². The molecule has 33 heavy (non-hydrogen) atoms. The van der Waals surface area contributed by atoms with Gasteiger partial charge in [0.05, 0.1) is 5.69 Å². The third-order valence-corrected chi connectivity index (χ3v) is 5.30. The minimum atomic E-state index is -0.675. The van der Waals surface area contributed by atoms with E-state index < -0.39 is 6.67 Å². The number of nitrogen functional groups attached to an aromatic ring is 1. The lowest BCUT2D eigenvalue weighted by Gasteiger charge is -2.14. The van der Waals surface area contributed by atoms with Crippen molar-refractivity contribution >= 4 is 34.7 Å². The zero-order valence-electron chi connectivity index (χ0n) is 17.9. The zero-order chi connectivity index (χ0) is 23.8. The standard InChI is InChI=1S/C24H26ClFN4O3/c25-17-5-8-20(16(11-17)13-26)29-18-6-9-22(32)19(12-18)21-7-4-15(24(27)30-21)14-28-23(33)3-1-2-10-31/h4-9,11-12,29,31-32H,1-3,10,13-14H2,(H2,27,30)(H,28,33). The molecular formula is C24H26ClFN4O3. The number of pyridine rings is 1. The molecule has 1 heterocycles. The number of hydrogen-bond donors (Lipinski definition) is 5. The summed E-state index contributed by atoms with van der Waals surface area (Å²) in [5.74, 6) is 0.121. The van der Waals surface area contributed by atoms with Gasteiger partial charge in [0.25, 0.3) is 0 Å². The highest BCUT2D eigenvalue weighted by atomic mass is 35.5. The highest BCUT2D eigenvalue weighted by molar-refractivity contribution is 6.30. The predicted molar refractivity (Wildman–Crippen MR) is 128 cm³/mol. The number of aliphatic hydroxyl groups is 1. The van der Waals surface area contributed by atoms with E-state index in [4.69, 9.17) is 22.4 Å². The van der Waals surface area contributed by atoms with E-state index >= 15 is 0 Å². The van der Waals surface area contributed by atoms with E-state index in [0.29, 0.717) is 58.0 Å². The van der Waals surface area contributed by atoms with Gasteiger partial charge in [-0.15, -0.1) is 0 Å². The number of aromatic nitrogens is 1. The number of carbonyl (C=O) groups is 1. The smallest absolute Gasteiger partial charge is 0.220 e. The van der Waals surface area contributed by atoms with Gasteiger partial charge in [-0.25, -0.2) is 9.37 Å². The van der Waals surface area contributed by atoms with Crippen molar-refractivity contribution in [2.24, 2.45) is 0 Å². The van der Waals surface area contributed by atoms with Crippen molar-refractivity contribution in [1.29, 1.82) is 0 Å². The average Bonchev–Trinajstić information content (AvgIpc) is 2.80. The Morgan fingerprint density at radius 1 is 1.09 bits per heavy atom. The van der Waals surface area contributed by atoms with Gasteiger partial charge < -0.3 is 26.6 Å². The lowest BCUT2D eigenvalue weighted by Crippen LogP contribution is -2.23. The van der Waals surface area contributed by atoms with Crippen LogP contribution in [0, 0.1) is 0 Å². The van der Waals surface area contributed by atoms with Gasteiger partial charge in [0, 0.05) is 52.7 Å². The summed E-state index contributed by atoms with van der Waals surface area (Å²) in [7, 11) is 0. The quantitative estimate of drug-likeness (QED) is 0.216. The number of phenolic OH excluding ortho intramolecular Hbond substituents is 1. The normalized spacial score (nSPS) is 10.8. The number of aliphatic hydroxyl groups excluding tert-OH is 1. The number of benzene rings is 2. The van der Waals surface area contributed by atoms with Crippen LogP contribution < -0.4 is 16.4 Å². The zero-order valence-corrected chi connectivity index (χ0v) is 18.7. The van der Waals surface area contributed by atoms with E-state index in [1.807, 2.05) is 0 Å². The summed E-state index contributed by atoms with van der Waals surface area (Å²) in [6.45, 7) is -0.384. The van der Waals surface area contributed by atoms with Crippen LogP contribution in [0.3, 0.4) is 0 Å². The van der Waals surface area contributed by atoms with Crippen LogP contribution in [0.25, 0.3) is 11.3 Å². The molecule has 0 radical (unpaired) electrons. The summed E-state index contributed by atoms with van der Waals surface area (Å²) in [5.41, 5.74) is 9.24. The molecule has 0 aliphatic carbocycles. The fraction of sp³-hybridized carbons (Fsp3) is 0.250. The third kappa shape index (κ3) is 6.57. The molecule has 0 aliphatic heterocycles. The summed E-state index contributed by atoms with van der Waals surface area (Å²) in [4.78, 5) is 16.2. The first-order valence-electron chi connectivity index (χ1n) is 10.5. The molecule has 6 N–H and O–H groups in total. The molecule has 0 fully saturated rings. The second-order valence-electron chi connectivity index (χ2n) is 7.49. The van der Waals surface area contributed by atoms with Gasteiger partial charge in [0.1, 0.15) is 18.2 Å². The molecule has 0 spiro atoms. The number of nitrogens with two attached hydrogens (primary N) is 1. The SMILES string of the molecule is Nc1nc(-c2cc(Nc3ccc(Cl)cc3CF)ccc2O)ccc1CNC(=O)CCCCO. The molecule has 0 atom stereocenters. The molecule has 3 aromatic rings. The number of aromatic hydroxyl groups is 1. The molecule has 0 aliphatic rings. The van der Waals surface area contributed by atoms with Crippen molar-refractivity contribution in [3.05, 3.63) is 64.7 Å². The first kappa shape index (κ1) is 24.3. The lowest BCUT2D eigenvalue weighted by molar-refractivity contribution is -0.121. The van der Waals surface area contributed by atoms with Gasteiger partial charge in [0.15, 0.2) is 0 Å². The molecule has 3 rings (SSSR count). The molecule has 174 valence electrons. The summed E-state index contributed by atoms with van der Waals surface area (Å²) in [6, 6.07) is 13.2. The second kappa shape index (κ2) is 11.5. The van der Waals surface area contributed by atoms with Crippen molar-refractivity contribution in [2.45, 2.75) is 32.5 Å². The highest BCUT2D eigenvalue weighted by Gasteiger charge is 2.12. The third-order valence-electron chi connectivity index (χ3n) is 5.06. The maximum Gasteiger partial charge on any atom is 0.220 e. The number of carbonyl (C=O) groups excluding carboxylic acids is 1. The summed E-state index contributed by atoms with van der Waals surface area (Å²) in [5, 5.41) is 25.5. The Morgan fingerprint density at radius 2 is 1.91 bits per heavy atom. The van der Waals surface area contributed by atoms with Crippen LogP contribution in [-0.4, -0.2) is 27.7 Å². The first-order valence-corrected chi connectivity index (χ1v) is 10.9. The Morgan fingerprint density at radius 3 is 2.64 bits per heavy atom. The van der Waals surface area contributed by atoms with Crippen molar-refractivity contribution in [3.63, 3.8) is 0 Å². The van der Waals surface area contributed by atoms with Crippen molar-refractivity contribution < 1.29 is 19.4 Å². The van der Waals surface area contributed by atoms with Gasteiger partial charge in [-0.1, -0.05) is 17.7 Å². The second-order valence-corrected chi connectivity index (χ2v) is 7.93. The molecule has 9 heteroatoms. The molecule has 0 saturated carbocycles. The maximum atomic E-state index is 13.4. The largest absolute Gasteiger partial charge is 0.507 e. The number of amides is 1. The van der Waals surface area contributed by atoms with Crippen LogP contribution in [0.2, 0.25) is 5.02 Å². The number of rotatable bonds is 10. The first-order chi connectivity index (χ1) is 15.9. The van der Waals surface area contributed by atoms with Crippen LogP contribution in [0.4, 0.5) is 21.6 Å². The van der Waals surface area contributed by atoms with Crippen molar-refractivity contribution in [1.82, 2.24) is 10.3 Å². The number of alkyl halides is 1. The molecule has 0 bridgehead atoms. The van der Waals surface area contributed by atoms with Crippen molar-refractivity contribution in [3.8, 4) is 17.0 Å². The molecule has 2 aromatic carbocycles. The highest BCUT2D eigenvalue weighted by Crippen LogP contribution is 2.33. The average molecular weight is 473 g/mol. The Hall–Kier alpha value is -3.36. The summed E-state index contributed by atoms with van der Waals surface area (Å²) < 4.78 is 13.4. The molecule has 0 unspecified atom stereocenters. The van der Waals surface area contributed by atoms with Gasteiger partial charge in [-0.3, -0.25) is 4.79 Å². The Balaban J connectivity index is 1.75. The number of nitrogens with zero attached hydrogens (tertiary/aromatic N) is 1. The molecule has 0 saturated heterocycles. The van der Waals surface area contributed by atoms with Crippen LogP contribution in [0.1, 0.15) is 30.4 Å². The fourth-order valence-corrected chi connectivity index (χ4v) is 3.45. The fourth-order valence-electron chi connectivity index (χ4n) is 3.25. The lowest BCUT2D eigenvalue weighted by atomic mass is 10.1. The molecular weight excluding hydrogens is 447 g/mol. The molecule has 1 amide bonds. The number of phenols is 1. The predicted octanol–water partition coefficient (Wildman–Crippen LogP) is 4.68. The summed E-state index contributed by atoms with van der Waals surface area (Å²) in [6.07, 6.45) is 1.52. The maximum absolute atomic E-state index is 13.4. The molecule has 1 aromatic heterocycles. The Bertz CT molecular complexity index is 1130. The number of unbranched alkanes of at least 4 members (excludes halogenated alkanes) is 1. The number of hydrogen-bond acceptors (Lipinski definition) is 6. The number of anilines is 3. The summed E-state index contributed by atoms with van der Waals surface area (Å²) >= 11 is 5.94. The van der Waals surface area contributed by atoms with E-state index in [1.54, 1.807) is 42.5 Å². The number of halogens is 2. The van der Waals surface area contributed by atoms with Crippen LogP contribution in [-0.2, 0) is 18.0 Å². The monoisotopic (exact) mass is 472 g/mol. The Labute approximate surface area is 196 Å².